The standard InChI is InChI=1S/C31H29N7O4/c1-20-5-6-22(18-27(20)36-30-33-13-11-26(35-30)23-4-3-12-32-19-23)28(39)34-24-7-9-25(10-8-24)37-14-16-38(17-15-37)29-21(2)41-31(40)42-29/h3-13,18-19H,14-17H2,1-2H3,(H,34,39)(H,33,35,36). The molecular weight excluding hydrogens is 534 g/mol. The first-order valence-electron chi connectivity index (χ1n) is 13.6. The molecule has 1 aliphatic rings. The van der Waals surface area contributed by atoms with Crippen molar-refractivity contribution in [3.8, 4) is 11.3 Å². The first kappa shape index (κ1) is 26.8. The average molecular weight is 564 g/mol. The number of nitrogens with one attached hydrogen (secondary N) is 2. The number of carbonyl (C=O) groups excluding carboxylic acids is 1. The molecule has 1 aliphatic heterocycles. The lowest BCUT2D eigenvalue weighted by Gasteiger charge is -2.35. The van der Waals surface area contributed by atoms with Crippen LogP contribution in [-0.2, 0) is 0 Å². The average Bonchev–Trinajstić information content (AvgIpc) is 3.36. The number of amides is 1. The minimum Gasteiger partial charge on any atom is -0.394 e. The van der Waals surface area contributed by atoms with E-state index in [9.17, 15) is 9.59 Å². The molecule has 4 heterocycles. The van der Waals surface area contributed by atoms with E-state index in [-0.39, 0.29) is 5.91 Å². The summed E-state index contributed by atoms with van der Waals surface area (Å²) in [4.78, 5) is 41.9. The van der Waals surface area contributed by atoms with Crippen LogP contribution in [0.2, 0.25) is 0 Å². The van der Waals surface area contributed by atoms with E-state index in [1.807, 2.05) is 60.4 Å². The summed E-state index contributed by atoms with van der Waals surface area (Å²) >= 11 is 0. The van der Waals surface area contributed by atoms with Crippen LogP contribution < -0.4 is 26.3 Å². The number of benzene rings is 2. The summed E-state index contributed by atoms with van der Waals surface area (Å²) in [6.07, 6.45) is 5.15. The number of rotatable bonds is 7. The lowest BCUT2D eigenvalue weighted by molar-refractivity contribution is 0.102. The van der Waals surface area contributed by atoms with Crippen molar-refractivity contribution in [1.82, 2.24) is 15.0 Å². The molecule has 2 N–H and O–H groups in total. The Morgan fingerprint density at radius 2 is 1.69 bits per heavy atom. The fourth-order valence-electron chi connectivity index (χ4n) is 4.87. The molecule has 0 atom stereocenters. The van der Waals surface area contributed by atoms with Crippen molar-refractivity contribution in [3.05, 3.63) is 107 Å². The summed E-state index contributed by atoms with van der Waals surface area (Å²) in [6, 6.07) is 18.9. The van der Waals surface area contributed by atoms with E-state index in [4.69, 9.17) is 8.83 Å². The van der Waals surface area contributed by atoms with Crippen LogP contribution in [0.3, 0.4) is 0 Å². The summed E-state index contributed by atoms with van der Waals surface area (Å²) in [5, 5.41) is 6.23. The predicted octanol–water partition coefficient (Wildman–Crippen LogP) is 5.02. The van der Waals surface area contributed by atoms with E-state index in [2.05, 4.69) is 30.5 Å². The van der Waals surface area contributed by atoms with Crippen molar-refractivity contribution in [2.45, 2.75) is 13.8 Å². The van der Waals surface area contributed by atoms with Crippen molar-refractivity contribution in [3.63, 3.8) is 0 Å². The summed E-state index contributed by atoms with van der Waals surface area (Å²) in [7, 11) is 0. The molecule has 0 bridgehead atoms. The molecule has 6 rings (SSSR count). The predicted molar refractivity (Wildman–Crippen MR) is 161 cm³/mol. The third-order valence-electron chi connectivity index (χ3n) is 7.13. The van der Waals surface area contributed by atoms with Gasteiger partial charge in [-0.25, -0.2) is 14.8 Å². The van der Waals surface area contributed by atoms with Crippen LogP contribution in [-0.4, -0.2) is 47.0 Å². The third-order valence-corrected chi connectivity index (χ3v) is 7.13. The molecule has 0 aliphatic carbocycles. The largest absolute Gasteiger partial charge is 0.520 e. The molecule has 1 fully saturated rings. The van der Waals surface area contributed by atoms with Gasteiger partial charge in [0.25, 0.3) is 5.91 Å². The van der Waals surface area contributed by atoms with Gasteiger partial charge in [0.15, 0.2) is 5.76 Å². The van der Waals surface area contributed by atoms with Crippen molar-refractivity contribution in [1.29, 1.82) is 0 Å². The number of nitrogens with zero attached hydrogens (tertiary/aromatic N) is 5. The van der Waals surface area contributed by atoms with Crippen molar-refractivity contribution in [2.24, 2.45) is 0 Å². The zero-order valence-electron chi connectivity index (χ0n) is 23.2. The molecule has 3 aromatic heterocycles. The van der Waals surface area contributed by atoms with Crippen LogP contribution in [0.15, 0.2) is 92.9 Å². The Hall–Kier alpha value is -5.45. The monoisotopic (exact) mass is 563 g/mol. The highest BCUT2D eigenvalue weighted by atomic mass is 16.6. The van der Waals surface area contributed by atoms with Gasteiger partial charge in [-0.1, -0.05) is 6.07 Å². The molecule has 1 saturated heterocycles. The number of aryl methyl sites for hydroxylation is 2. The molecule has 11 heteroatoms. The number of aromatic nitrogens is 3. The topological polar surface area (TPSA) is 130 Å². The number of carbonyl (C=O) groups is 1. The van der Waals surface area contributed by atoms with Gasteiger partial charge in [-0.15, -0.1) is 0 Å². The van der Waals surface area contributed by atoms with Crippen molar-refractivity contribution >= 4 is 34.8 Å². The van der Waals surface area contributed by atoms with Gasteiger partial charge < -0.3 is 29.3 Å². The van der Waals surface area contributed by atoms with E-state index in [1.54, 1.807) is 37.6 Å². The molecule has 0 unspecified atom stereocenters. The summed E-state index contributed by atoms with van der Waals surface area (Å²) in [5.41, 5.74) is 5.59. The van der Waals surface area contributed by atoms with Crippen molar-refractivity contribution in [2.75, 3.05) is 46.6 Å². The number of hydrogen-bond donors (Lipinski definition) is 2. The maximum atomic E-state index is 13.1. The summed E-state index contributed by atoms with van der Waals surface area (Å²) in [5.74, 6) is 0.520. The second-order valence-electron chi connectivity index (χ2n) is 9.95. The molecule has 0 radical (unpaired) electrons. The van der Waals surface area contributed by atoms with Gasteiger partial charge in [0.2, 0.25) is 11.8 Å². The first-order chi connectivity index (χ1) is 20.4. The Balaban J connectivity index is 1.09. The van der Waals surface area contributed by atoms with Crippen LogP contribution in [0.4, 0.5) is 28.9 Å². The number of pyridine rings is 1. The number of anilines is 5. The molecule has 42 heavy (non-hydrogen) atoms. The first-order valence-corrected chi connectivity index (χ1v) is 13.6. The Kier molecular flexibility index (Phi) is 7.37. The number of hydrogen-bond acceptors (Lipinski definition) is 10. The molecule has 5 aromatic rings. The smallest absolute Gasteiger partial charge is 0.394 e. The molecule has 1 amide bonds. The summed E-state index contributed by atoms with van der Waals surface area (Å²) < 4.78 is 10.2. The summed E-state index contributed by atoms with van der Waals surface area (Å²) in [6.45, 7) is 6.60. The van der Waals surface area contributed by atoms with E-state index in [0.717, 1.165) is 41.3 Å². The van der Waals surface area contributed by atoms with Crippen LogP contribution in [0.25, 0.3) is 11.3 Å². The fraction of sp³-hybridized carbons (Fsp3) is 0.194. The Morgan fingerprint density at radius 1 is 0.905 bits per heavy atom. The third kappa shape index (κ3) is 5.85. The minimum atomic E-state index is -0.679. The lowest BCUT2D eigenvalue weighted by Crippen LogP contribution is -2.46. The van der Waals surface area contributed by atoms with Gasteiger partial charge in [-0.3, -0.25) is 9.78 Å². The fourth-order valence-corrected chi connectivity index (χ4v) is 4.87. The second-order valence-corrected chi connectivity index (χ2v) is 9.95. The normalized spacial score (nSPS) is 13.2. The van der Waals surface area contributed by atoms with Crippen LogP contribution >= 0.6 is 0 Å². The quantitative estimate of drug-likeness (QED) is 0.278. The van der Waals surface area contributed by atoms with Gasteiger partial charge >= 0.3 is 5.82 Å². The molecular formula is C31H29N7O4. The van der Waals surface area contributed by atoms with Crippen LogP contribution in [0.1, 0.15) is 21.7 Å². The number of piperazine rings is 1. The molecule has 11 nitrogen and oxygen atoms in total. The highest BCUT2D eigenvalue weighted by molar-refractivity contribution is 6.05. The zero-order valence-corrected chi connectivity index (χ0v) is 23.2. The minimum absolute atomic E-state index is 0.221. The van der Waals surface area contributed by atoms with E-state index < -0.39 is 5.82 Å². The van der Waals surface area contributed by atoms with Gasteiger partial charge in [-0.2, -0.15) is 0 Å². The maximum Gasteiger partial charge on any atom is 0.520 e. The van der Waals surface area contributed by atoms with Gasteiger partial charge in [0, 0.05) is 73.0 Å². The molecule has 212 valence electrons. The van der Waals surface area contributed by atoms with Gasteiger partial charge in [-0.05, 0) is 74.0 Å². The highest BCUT2D eigenvalue weighted by Gasteiger charge is 2.23. The van der Waals surface area contributed by atoms with E-state index in [0.29, 0.717) is 41.9 Å². The molecule has 2 aromatic carbocycles. The molecule has 0 saturated carbocycles. The van der Waals surface area contributed by atoms with E-state index in [1.165, 1.54) is 0 Å². The zero-order chi connectivity index (χ0) is 29.1. The van der Waals surface area contributed by atoms with Crippen LogP contribution in [0.5, 0.6) is 0 Å². The molecule has 0 spiro atoms. The Bertz CT molecular complexity index is 1760. The van der Waals surface area contributed by atoms with Gasteiger partial charge in [0.05, 0.1) is 5.69 Å². The maximum absolute atomic E-state index is 13.1. The SMILES string of the molecule is Cc1ccc(C(=O)Nc2ccc(N3CCN(c4oc(=O)oc4C)CC3)cc2)cc1Nc1nccc(-c2cccnc2)n1. The Morgan fingerprint density at radius 3 is 2.40 bits per heavy atom. The van der Waals surface area contributed by atoms with Crippen molar-refractivity contribution < 1.29 is 13.6 Å². The second kappa shape index (κ2) is 11.6. The highest BCUT2D eigenvalue weighted by Crippen LogP contribution is 2.25. The van der Waals surface area contributed by atoms with E-state index >= 15 is 0 Å². The van der Waals surface area contributed by atoms with Gasteiger partial charge in [0.1, 0.15) is 0 Å². The lowest BCUT2D eigenvalue weighted by atomic mass is 10.1. The van der Waals surface area contributed by atoms with Crippen LogP contribution in [0, 0.1) is 13.8 Å². The Labute approximate surface area is 241 Å².